The standard InChI is InChI=1S/C68H123N11O14S/c1-25-27-31-44(13)56(81)55-60(85)71-47(26-2)62(87)77(22)52(38-94-33-30-28-29-32-80)65(90)76(21)51(37-68(16,17)93)59(84)72-53(42(9)10)66(91)73(18)48(34-39(3)4)58(83)69-45(14)57(82)70-46(15)61(86)74(19)49(35-40(5)6)63(88)75(20)50(36-41(7)8)64(89)78(23)54(43(11)12)67(92)79(55)24/h25,27,39-56,80-81,93H,26,28-38H2,1-24H3,(H,69,83)(H,70,82)(H,71,85)(H,72,84)/b27-25+/t44-,45+,46-,47+,48+,49+,50+,51+,52-,53+,54+,55+,56-/m1/s1. The molecule has 0 saturated carbocycles. The third kappa shape index (κ3) is 25.3. The van der Waals surface area contributed by atoms with Crippen molar-refractivity contribution >= 4 is 76.7 Å². The smallest absolute Gasteiger partial charge is 0.246 e. The zero-order valence-corrected chi connectivity index (χ0v) is 62.2. The fourth-order valence-corrected chi connectivity index (χ4v) is 12.8. The normalized spacial score (nSPS) is 26.4. The summed E-state index contributed by atoms with van der Waals surface area (Å²) in [5, 5.41) is 44.1. The monoisotopic (exact) mass is 1350 g/mol. The zero-order chi connectivity index (χ0) is 72.7. The van der Waals surface area contributed by atoms with Crippen molar-refractivity contribution in [2.75, 3.05) is 67.4 Å². The molecule has 0 aliphatic carbocycles. The zero-order valence-electron chi connectivity index (χ0n) is 61.4. The Kier molecular flexibility index (Phi) is 36.7. The van der Waals surface area contributed by atoms with Gasteiger partial charge in [0.25, 0.3) is 0 Å². The molecule has 1 rings (SSSR count). The van der Waals surface area contributed by atoms with E-state index in [1.165, 1.54) is 113 Å². The van der Waals surface area contributed by atoms with Crippen molar-refractivity contribution in [2.24, 2.45) is 35.5 Å². The van der Waals surface area contributed by atoms with E-state index in [1.807, 2.05) is 41.5 Å². The lowest BCUT2D eigenvalue weighted by Crippen LogP contribution is -2.64. The molecule has 0 aromatic rings. The van der Waals surface area contributed by atoms with Gasteiger partial charge in [-0.3, -0.25) is 52.7 Å². The van der Waals surface area contributed by atoms with Crippen LogP contribution in [-0.2, 0) is 52.7 Å². The van der Waals surface area contributed by atoms with E-state index >= 15 is 28.8 Å². The summed E-state index contributed by atoms with van der Waals surface area (Å²) >= 11 is 1.34. The maximum atomic E-state index is 15.3. The number of unbranched alkanes of at least 4 members (excludes halogenated alkanes) is 2. The summed E-state index contributed by atoms with van der Waals surface area (Å²) < 4.78 is 0. The van der Waals surface area contributed by atoms with E-state index in [0.29, 0.717) is 25.0 Å². The molecule has 0 radical (unpaired) electrons. The van der Waals surface area contributed by atoms with Gasteiger partial charge in [0, 0.05) is 68.1 Å². The van der Waals surface area contributed by atoms with Gasteiger partial charge < -0.3 is 70.9 Å². The van der Waals surface area contributed by atoms with Gasteiger partial charge in [0.2, 0.25) is 65.0 Å². The van der Waals surface area contributed by atoms with Crippen molar-refractivity contribution < 1.29 is 68.1 Å². The maximum absolute atomic E-state index is 15.3. The van der Waals surface area contributed by atoms with Crippen LogP contribution >= 0.6 is 11.8 Å². The van der Waals surface area contributed by atoms with Crippen molar-refractivity contribution in [1.82, 2.24) is 55.6 Å². The molecule has 11 amide bonds. The molecule has 94 heavy (non-hydrogen) atoms. The topological polar surface area (TPSA) is 319 Å². The highest BCUT2D eigenvalue weighted by molar-refractivity contribution is 7.99. The molecule has 1 saturated heterocycles. The number of nitrogens with one attached hydrogen (secondary N) is 4. The lowest BCUT2D eigenvalue weighted by molar-refractivity contribution is -0.157. The first-order chi connectivity index (χ1) is 43.5. The summed E-state index contributed by atoms with van der Waals surface area (Å²) in [6.45, 7) is 28.8. The molecule has 13 atom stereocenters. The van der Waals surface area contributed by atoms with Gasteiger partial charge in [-0.15, -0.1) is 0 Å². The highest BCUT2D eigenvalue weighted by atomic mass is 32.2. The Hall–Kier alpha value is -5.86. The molecule has 7 N–H and O–H groups in total. The van der Waals surface area contributed by atoms with Crippen LogP contribution in [-0.4, -0.2) is 260 Å². The molecule has 26 heteroatoms. The van der Waals surface area contributed by atoms with E-state index in [-0.39, 0.29) is 68.6 Å². The molecule has 540 valence electrons. The molecule has 1 aliphatic heterocycles. The third-order valence-electron chi connectivity index (χ3n) is 17.6. The third-order valence-corrected chi connectivity index (χ3v) is 18.7. The summed E-state index contributed by atoms with van der Waals surface area (Å²) in [6, 6.07) is -14.5. The number of aliphatic hydroxyl groups excluding tert-OH is 2. The first-order valence-electron chi connectivity index (χ1n) is 33.8. The molecular formula is C68H123N11O14S. The number of aliphatic hydroxyl groups is 3. The van der Waals surface area contributed by atoms with Crippen LogP contribution < -0.4 is 21.3 Å². The number of amides is 11. The minimum Gasteiger partial charge on any atom is -0.396 e. The van der Waals surface area contributed by atoms with Gasteiger partial charge in [-0.2, -0.15) is 11.8 Å². The van der Waals surface area contributed by atoms with Gasteiger partial charge in [0.05, 0.1) is 11.7 Å². The highest BCUT2D eigenvalue weighted by Gasteiger charge is 2.47. The Morgan fingerprint density at radius 1 is 0.500 bits per heavy atom. The second-order valence-electron chi connectivity index (χ2n) is 28.6. The van der Waals surface area contributed by atoms with Crippen LogP contribution in [0.25, 0.3) is 0 Å². The number of allylic oxidation sites excluding steroid dienone is 2. The average Bonchev–Trinajstić information content (AvgIpc) is 0.809. The van der Waals surface area contributed by atoms with Gasteiger partial charge in [0.1, 0.15) is 66.5 Å². The molecule has 0 spiro atoms. The quantitative estimate of drug-likeness (QED) is 0.0601. The number of likely N-dealkylation sites (N-methyl/N-ethyl adjacent to an activating group) is 7. The Morgan fingerprint density at radius 3 is 1.43 bits per heavy atom. The van der Waals surface area contributed by atoms with Gasteiger partial charge in [-0.05, 0) is 121 Å². The lowest BCUT2D eigenvalue weighted by Gasteiger charge is -2.41. The molecule has 1 heterocycles. The van der Waals surface area contributed by atoms with Crippen LogP contribution in [0, 0.1) is 35.5 Å². The van der Waals surface area contributed by atoms with Crippen LogP contribution in [0.3, 0.4) is 0 Å². The van der Waals surface area contributed by atoms with Gasteiger partial charge in [-0.25, -0.2) is 0 Å². The second kappa shape index (κ2) is 40.0. The second-order valence-corrected chi connectivity index (χ2v) is 29.7. The molecule has 0 bridgehead atoms. The SMILES string of the molecule is C/C=C/C[C@@H](C)[C@@H](O)[C@H]1C(=O)N[C@@H](CC)C(=O)N(C)[C@H](CSCCCCCO)C(=O)N(C)[C@@H](CC(C)(C)O)C(=O)N[C@@H](C(C)C)C(=O)N(C)[C@@H](CC(C)C)C(=O)N[C@@H](C)C(=O)N[C@H](C)C(=O)N(C)[C@@H](CC(C)C)C(=O)N(C)[C@@H](CC(C)C)C(=O)N(C)[C@@H](C(C)C)C(=O)N1C. The minimum absolute atomic E-state index is 0.0114. The first kappa shape index (κ1) is 86.2. The Bertz CT molecular complexity index is 2540. The van der Waals surface area contributed by atoms with Crippen molar-refractivity contribution in [3.63, 3.8) is 0 Å². The summed E-state index contributed by atoms with van der Waals surface area (Å²) in [5.41, 5.74) is -1.59. The van der Waals surface area contributed by atoms with E-state index < -0.39 is 161 Å². The Labute approximate surface area is 566 Å². The van der Waals surface area contributed by atoms with Crippen LogP contribution in [0.5, 0.6) is 0 Å². The van der Waals surface area contributed by atoms with Crippen molar-refractivity contribution in [1.29, 1.82) is 0 Å². The van der Waals surface area contributed by atoms with E-state index in [0.717, 1.165) is 9.80 Å². The van der Waals surface area contributed by atoms with E-state index in [2.05, 4.69) is 21.3 Å². The van der Waals surface area contributed by atoms with Crippen molar-refractivity contribution in [3.05, 3.63) is 12.2 Å². The summed E-state index contributed by atoms with van der Waals surface area (Å²) in [6.07, 6.45) is 4.16. The van der Waals surface area contributed by atoms with E-state index in [1.54, 1.807) is 60.6 Å². The highest BCUT2D eigenvalue weighted by Crippen LogP contribution is 2.27. The van der Waals surface area contributed by atoms with Crippen molar-refractivity contribution in [2.45, 2.75) is 254 Å². The molecular weight excluding hydrogens is 1230 g/mol. The fraction of sp³-hybridized carbons (Fsp3) is 0.809. The molecule has 1 fully saturated rings. The predicted octanol–water partition coefficient (Wildman–Crippen LogP) is 3.65. The maximum Gasteiger partial charge on any atom is 0.246 e. The average molecular weight is 1350 g/mol. The van der Waals surface area contributed by atoms with Gasteiger partial charge in [-0.1, -0.05) is 102 Å². The molecule has 25 nitrogen and oxygen atoms in total. The van der Waals surface area contributed by atoms with Gasteiger partial charge >= 0.3 is 0 Å². The number of carbonyl (C=O) groups is 11. The van der Waals surface area contributed by atoms with Crippen molar-refractivity contribution in [3.8, 4) is 0 Å². The van der Waals surface area contributed by atoms with E-state index in [4.69, 9.17) is 0 Å². The molecule has 1 aliphatic rings. The summed E-state index contributed by atoms with van der Waals surface area (Å²) in [5.74, 6) is -9.93. The van der Waals surface area contributed by atoms with Crippen LogP contribution in [0.2, 0.25) is 0 Å². The predicted molar refractivity (Wildman–Crippen MR) is 367 cm³/mol. The molecule has 0 aromatic heterocycles. The van der Waals surface area contributed by atoms with Gasteiger partial charge in [0.15, 0.2) is 0 Å². The number of hydrogen-bond donors (Lipinski definition) is 7. The Balaban J connectivity index is 4.56. The number of nitrogens with zero attached hydrogens (tertiary/aromatic N) is 7. The largest absolute Gasteiger partial charge is 0.396 e. The molecule has 0 aromatic carbocycles. The lowest BCUT2D eigenvalue weighted by atomic mass is 9.91. The first-order valence-corrected chi connectivity index (χ1v) is 34.9. The van der Waals surface area contributed by atoms with Crippen LogP contribution in [0.15, 0.2) is 12.2 Å². The minimum atomic E-state index is -1.67. The molecule has 0 unspecified atom stereocenters. The fourth-order valence-electron chi connectivity index (χ4n) is 11.7. The Morgan fingerprint density at radius 2 is 0.947 bits per heavy atom. The number of carbonyl (C=O) groups excluding carboxylic acids is 11. The van der Waals surface area contributed by atoms with E-state index in [9.17, 15) is 39.3 Å². The van der Waals surface area contributed by atoms with Crippen LogP contribution in [0.4, 0.5) is 0 Å². The number of rotatable bonds is 22. The van der Waals surface area contributed by atoms with Crippen LogP contribution in [0.1, 0.15) is 175 Å². The number of hydrogen-bond acceptors (Lipinski definition) is 15. The number of thioether (sulfide) groups is 1. The summed E-state index contributed by atoms with van der Waals surface area (Å²) in [4.78, 5) is 172. The summed E-state index contributed by atoms with van der Waals surface area (Å²) in [7, 11) is 9.80.